The Morgan fingerprint density at radius 3 is 2.81 bits per heavy atom. The van der Waals surface area contributed by atoms with Gasteiger partial charge in [0, 0.05) is 5.33 Å². The molecule has 0 saturated carbocycles. The molecule has 0 heterocycles. The molecule has 0 aliphatic rings. The van der Waals surface area contributed by atoms with Gasteiger partial charge >= 0.3 is 5.97 Å². The van der Waals surface area contributed by atoms with E-state index >= 15 is 0 Å². The average molecular weight is 306 g/mol. The summed E-state index contributed by atoms with van der Waals surface area (Å²) in [6, 6.07) is 5.47. The number of hydrogen-bond acceptors (Lipinski definition) is 2. The number of rotatable bonds is 5. The molecule has 4 heteroatoms. The van der Waals surface area contributed by atoms with Gasteiger partial charge in [0.1, 0.15) is 0 Å². The summed E-state index contributed by atoms with van der Waals surface area (Å²) >= 11 is 9.40. The van der Waals surface area contributed by atoms with E-state index in [2.05, 4.69) is 15.9 Å². The van der Waals surface area contributed by atoms with Crippen LogP contribution in [0, 0.1) is 0 Å². The van der Waals surface area contributed by atoms with Crippen molar-refractivity contribution in [1.82, 2.24) is 0 Å². The zero-order chi connectivity index (χ0) is 12.0. The fourth-order valence-corrected chi connectivity index (χ4v) is 1.92. The molecular formula is C12H14BrClO2. The molecule has 1 rings (SSSR count). The van der Waals surface area contributed by atoms with Crippen molar-refractivity contribution in [2.75, 3.05) is 11.9 Å². The third kappa shape index (κ3) is 3.80. The Morgan fingerprint density at radius 2 is 2.25 bits per heavy atom. The van der Waals surface area contributed by atoms with Gasteiger partial charge in [0.05, 0.1) is 17.2 Å². The van der Waals surface area contributed by atoms with E-state index in [4.69, 9.17) is 16.3 Å². The number of halogens is 2. The van der Waals surface area contributed by atoms with E-state index in [9.17, 15) is 4.79 Å². The Hall–Kier alpha value is -0.540. The predicted octanol–water partition coefficient (Wildman–Crippen LogP) is 3.84. The lowest BCUT2D eigenvalue weighted by atomic mass is 10.1. The van der Waals surface area contributed by atoms with Gasteiger partial charge in [0.25, 0.3) is 0 Å². The minimum absolute atomic E-state index is 0.362. The molecule has 0 atom stereocenters. The summed E-state index contributed by atoms with van der Waals surface area (Å²) in [6.45, 7) is 2.14. The highest BCUT2D eigenvalue weighted by molar-refractivity contribution is 9.09. The van der Waals surface area contributed by atoms with Crippen molar-refractivity contribution in [2.24, 2.45) is 0 Å². The lowest BCUT2D eigenvalue weighted by molar-refractivity contribution is 0.0526. The van der Waals surface area contributed by atoms with Crippen molar-refractivity contribution in [3.63, 3.8) is 0 Å². The normalized spacial score (nSPS) is 10.2. The van der Waals surface area contributed by atoms with Crippen molar-refractivity contribution < 1.29 is 9.53 Å². The summed E-state index contributed by atoms with van der Waals surface area (Å²) in [4.78, 5) is 11.5. The van der Waals surface area contributed by atoms with Gasteiger partial charge in [-0.3, -0.25) is 0 Å². The monoisotopic (exact) mass is 304 g/mol. The van der Waals surface area contributed by atoms with Crippen LogP contribution in [0.4, 0.5) is 0 Å². The molecule has 0 aliphatic heterocycles. The first-order valence-electron chi connectivity index (χ1n) is 5.20. The van der Waals surface area contributed by atoms with Gasteiger partial charge in [0.15, 0.2) is 0 Å². The first-order valence-corrected chi connectivity index (χ1v) is 6.70. The van der Waals surface area contributed by atoms with Crippen molar-refractivity contribution >= 4 is 33.5 Å². The molecule has 2 nitrogen and oxygen atoms in total. The molecule has 0 fully saturated rings. The van der Waals surface area contributed by atoms with E-state index in [1.165, 1.54) is 0 Å². The molecule has 0 N–H and O–H groups in total. The average Bonchev–Trinajstić information content (AvgIpc) is 2.26. The fraction of sp³-hybridized carbons (Fsp3) is 0.417. The van der Waals surface area contributed by atoms with E-state index < -0.39 is 0 Å². The Bertz CT molecular complexity index is 366. The first kappa shape index (κ1) is 13.5. The highest BCUT2D eigenvalue weighted by Crippen LogP contribution is 2.20. The second-order valence-electron chi connectivity index (χ2n) is 3.33. The molecule has 0 aromatic heterocycles. The molecule has 0 amide bonds. The van der Waals surface area contributed by atoms with Gasteiger partial charge in [-0.25, -0.2) is 4.79 Å². The summed E-state index contributed by atoms with van der Waals surface area (Å²) in [5, 5.41) is 1.43. The zero-order valence-corrected chi connectivity index (χ0v) is 11.5. The second-order valence-corrected chi connectivity index (χ2v) is 4.53. The third-order valence-electron chi connectivity index (χ3n) is 2.13. The minimum atomic E-state index is -0.362. The van der Waals surface area contributed by atoms with Crippen molar-refractivity contribution in [1.29, 1.82) is 0 Å². The molecular weight excluding hydrogens is 291 g/mol. The number of carbonyl (C=O) groups excluding carboxylic acids is 1. The van der Waals surface area contributed by atoms with Crippen molar-refractivity contribution in [2.45, 2.75) is 19.8 Å². The van der Waals surface area contributed by atoms with Crippen LogP contribution in [0.15, 0.2) is 18.2 Å². The molecule has 0 spiro atoms. The van der Waals surface area contributed by atoms with E-state index in [0.29, 0.717) is 17.2 Å². The topological polar surface area (TPSA) is 26.3 Å². The molecule has 16 heavy (non-hydrogen) atoms. The number of ether oxygens (including phenoxy) is 1. The summed E-state index contributed by atoms with van der Waals surface area (Å²) in [5.74, 6) is -0.362. The smallest absolute Gasteiger partial charge is 0.339 e. The Labute approximate surface area is 109 Å². The lowest BCUT2D eigenvalue weighted by Gasteiger charge is -2.06. The molecule has 1 aromatic carbocycles. The summed E-state index contributed by atoms with van der Waals surface area (Å²) in [6.07, 6.45) is 2.00. The number of benzene rings is 1. The second kappa shape index (κ2) is 6.92. The summed E-state index contributed by atoms with van der Waals surface area (Å²) < 4.78 is 4.90. The Morgan fingerprint density at radius 1 is 1.50 bits per heavy atom. The molecule has 0 unspecified atom stereocenters. The maximum Gasteiger partial charge on any atom is 0.339 e. The highest BCUT2D eigenvalue weighted by atomic mass is 79.9. The zero-order valence-electron chi connectivity index (χ0n) is 9.13. The lowest BCUT2D eigenvalue weighted by Crippen LogP contribution is -2.05. The van der Waals surface area contributed by atoms with Gasteiger partial charge in [-0.1, -0.05) is 33.6 Å². The van der Waals surface area contributed by atoms with Crippen LogP contribution in [0.25, 0.3) is 0 Å². The number of alkyl halides is 1. The molecule has 0 bridgehead atoms. The van der Waals surface area contributed by atoms with Gasteiger partial charge < -0.3 is 4.74 Å². The SMILES string of the molecule is CCOC(=O)c1ccc(CCCBr)cc1Cl. The number of carbonyl (C=O) groups is 1. The summed E-state index contributed by atoms with van der Waals surface area (Å²) in [5.41, 5.74) is 1.57. The summed E-state index contributed by atoms with van der Waals surface area (Å²) in [7, 11) is 0. The molecule has 88 valence electrons. The van der Waals surface area contributed by atoms with E-state index in [1.807, 2.05) is 12.1 Å². The van der Waals surface area contributed by atoms with Crippen LogP contribution < -0.4 is 0 Å². The van der Waals surface area contributed by atoms with E-state index in [1.54, 1.807) is 13.0 Å². The Balaban J connectivity index is 2.78. The highest BCUT2D eigenvalue weighted by Gasteiger charge is 2.11. The number of aryl methyl sites for hydroxylation is 1. The molecule has 0 saturated heterocycles. The standard InChI is InChI=1S/C12H14BrClO2/c1-2-16-12(15)10-6-5-9(4-3-7-13)8-11(10)14/h5-6,8H,2-4,7H2,1H3. The van der Waals surface area contributed by atoms with Gasteiger partial charge in [-0.05, 0) is 37.5 Å². The molecule has 0 radical (unpaired) electrons. The van der Waals surface area contributed by atoms with E-state index in [-0.39, 0.29) is 5.97 Å². The first-order chi connectivity index (χ1) is 7.69. The van der Waals surface area contributed by atoms with Crippen LogP contribution in [0.1, 0.15) is 29.3 Å². The van der Waals surface area contributed by atoms with Gasteiger partial charge in [-0.2, -0.15) is 0 Å². The van der Waals surface area contributed by atoms with Crippen LogP contribution in [0.2, 0.25) is 5.02 Å². The quantitative estimate of drug-likeness (QED) is 0.610. The number of esters is 1. The maximum absolute atomic E-state index is 11.5. The van der Waals surface area contributed by atoms with Crippen LogP contribution in [0.3, 0.4) is 0 Å². The van der Waals surface area contributed by atoms with Crippen molar-refractivity contribution in [3.05, 3.63) is 34.3 Å². The van der Waals surface area contributed by atoms with E-state index in [0.717, 1.165) is 23.7 Å². The van der Waals surface area contributed by atoms with Crippen LogP contribution >= 0.6 is 27.5 Å². The van der Waals surface area contributed by atoms with Crippen LogP contribution in [-0.4, -0.2) is 17.9 Å². The van der Waals surface area contributed by atoms with Crippen LogP contribution in [0.5, 0.6) is 0 Å². The fourth-order valence-electron chi connectivity index (χ4n) is 1.36. The molecule has 1 aromatic rings. The largest absolute Gasteiger partial charge is 0.462 e. The Kier molecular flexibility index (Phi) is 5.85. The predicted molar refractivity (Wildman–Crippen MR) is 69.5 cm³/mol. The van der Waals surface area contributed by atoms with Gasteiger partial charge in [0.2, 0.25) is 0 Å². The van der Waals surface area contributed by atoms with Crippen molar-refractivity contribution in [3.8, 4) is 0 Å². The third-order valence-corrected chi connectivity index (χ3v) is 3.00. The minimum Gasteiger partial charge on any atom is -0.462 e. The van der Waals surface area contributed by atoms with Gasteiger partial charge in [-0.15, -0.1) is 0 Å². The van der Waals surface area contributed by atoms with Crippen LogP contribution in [-0.2, 0) is 11.2 Å². The molecule has 0 aliphatic carbocycles. The number of hydrogen-bond donors (Lipinski definition) is 0. The maximum atomic E-state index is 11.5.